The Morgan fingerprint density at radius 1 is 1.27 bits per heavy atom. The topological polar surface area (TPSA) is 15.3 Å². The fraction of sp³-hybridized carbons (Fsp3) is 0.400. The van der Waals surface area contributed by atoms with Crippen molar-refractivity contribution in [3.63, 3.8) is 0 Å². The third-order valence-electron chi connectivity index (χ3n) is 2.39. The fourth-order valence-electron chi connectivity index (χ4n) is 1.60. The zero-order valence-electron chi connectivity index (χ0n) is 8.17. The molecular formula is C10H13BrCl2N2. The molecule has 1 heterocycles. The molecular weight excluding hydrogens is 299 g/mol. The smallest absolute Gasteiger partial charge is 0.0568 e. The van der Waals surface area contributed by atoms with Crippen LogP contribution in [0.25, 0.3) is 0 Å². The van der Waals surface area contributed by atoms with Crippen LogP contribution in [0, 0.1) is 0 Å². The van der Waals surface area contributed by atoms with Crippen molar-refractivity contribution >= 4 is 45.6 Å². The minimum absolute atomic E-state index is 0. The largest absolute Gasteiger partial charge is 0.369 e. The number of halogens is 3. The van der Waals surface area contributed by atoms with Crippen molar-refractivity contribution in [2.75, 3.05) is 31.1 Å². The Morgan fingerprint density at radius 2 is 1.93 bits per heavy atom. The van der Waals surface area contributed by atoms with Crippen LogP contribution < -0.4 is 10.2 Å². The summed E-state index contributed by atoms with van der Waals surface area (Å²) >= 11 is 9.43. The van der Waals surface area contributed by atoms with Gasteiger partial charge >= 0.3 is 0 Å². The Kier molecular flexibility index (Phi) is 5.19. The van der Waals surface area contributed by atoms with E-state index in [0.29, 0.717) is 0 Å². The van der Waals surface area contributed by atoms with E-state index in [1.165, 1.54) is 5.69 Å². The molecule has 0 amide bonds. The van der Waals surface area contributed by atoms with Gasteiger partial charge in [0.1, 0.15) is 0 Å². The minimum atomic E-state index is 0. The van der Waals surface area contributed by atoms with E-state index < -0.39 is 0 Å². The lowest BCUT2D eigenvalue weighted by Crippen LogP contribution is -2.43. The molecule has 0 bridgehead atoms. The van der Waals surface area contributed by atoms with Crippen LogP contribution in [0.5, 0.6) is 0 Å². The van der Waals surface area contributed by atoms with Crippen molar-refractivity contribution < 1.29 is 0 Å². The van der Waals surface area contributed by atoms with Gasteiger partial charge in [0.15, 0.2) is 0 Å². The summed E-state index contributed by atoms with van der Waals surface area (Å²) in [4.78, 5) is 2.34. The molecule has 1 aliphatic rings. The second-order valence-corrected chi connectivity index (χ2v) is 4.60. The van der Waals surface area contributed by atoms with Gasteiger partial charge in [0.2, 0.25) is 0 Å². The van der Waals surface area contributed by atoms with E-state index in [1.54, 1.807) is 0 Å². The minimum Gasteiger partial charge on any atom is -0.369 e. The summed E-state index contributed by atoms with van der Waals surface area (Å²) in [6, 6.07) is 6.11. The third-order valence-corrected chi connectivity index (χ3v) is 3.62. The predicted molar refractivity (Wildman–Crippen MR) is 71.5 cm³/mol. The Hall–Kier alpha value is 0.0400. The van der Waals surface area contributed by atoms with Crippen molar-refractivity contribution in [2.24, 2.45) is 0 Å². The van der Waals surface area contributed by atoms with Crippen LogP contribution in [0.15, 0.2) is 22.7 Å². The molecule has 0 atom stereocenters. The van der Waals surface area contributed by atoms with Crippen molar-refractivity contribution in [3.8, 4) is 0 Å². The Labute approximate surface area is 110 Å². The van der Waals surface area contributed by atoms with E-state index in [1.807, 2.05) is 12.1 Å². The molecule has 1 fully saturated rings. The Morgan fingerprint density at radius 3 is 2.53 bits per heavy atom. The van der Waals surface area contributed by atoms with E-state index in [-0.39, 0.29) is 12.4 Å². The zero-order valence-corrected chi connectivity index (χ0v) is 11.3. The Bertz CT molecular complexity index is 327. The average Bonchev–Trinajstić information content (AvgIpc) is 2.23. The summed E-state index contributed by atoms with van der Waals surface area (Å²) in [5, 5.41) is 4.11. The second-order valence-electron chi connectivity index (χ2n) is 3.34. The highest BCUT2D eigenvalue weighted by Gasteiger charge is 2.10. The highest BCUT2D eigenvalue weighted by atomic mass is 79.9. The van der Waals surface area contributed by atoms with Gasteiger partial charge in [-0.1, -0.05) is 11.6 Å². The molecule has 1 N–H and O–H groups in total. The van der Waals surface area contributed by atoms with Crippen LogP contribution in [0.3, 0.4) is 0 Å². The standard InChI is InChI=1S/C10H12BrClN2.ClH/c11-9-2-1-8(7-10(9)12)14-5-3-13-4-6-14;/h1-2,7,13H,3-6H2;1H. The number of nitrogens with zero attached hydrogens (tertiary/aromatic N) is 1. The van der Waals surface area contributed by atoms with Crippen LogP contribution in [0.4, 0.5) is 5.69 Å². The maximum absolute atomic E-state index is 6.04. The summed E-state index contributed by atoms with van der Waals surface area (Å²) in [6.45, 7) is 4.21. The summed E-state index contributed by atoms with van der Waals surface area (Å²) < 4.78 is 0.957. The van der Waals surface area contributed by atoms with Crippen molar-refractivity contribution in [1.82, 2.24) is 5.32 Å². The van der Waals surface area contributed by atoms with Crippen molar-refractivity contribution in [1.29, 1.82) is 0 Å². The van der Waals surface area contributed by atoms with Gasteiger partial charge in [-0.05, 0) is 34.1 Å². The number of anilines is 1. The van der Waals surface area contributed by atoms with Crippen molar-refractivity contribution in [3.05, 3.63) is 27.7 Å². The van der Waals surface area contributed by atoms with Gasteiger partial charge in [0.05, 0.1) is 5.02 Å². The lowest BCUT2D eigenvalue weighted by Gasteiger charge is -2.29. The van der Waals surface area contributed by atoms with Crippen LogP contribution in [-0.4, -0.2) is 26.2 Å². The van der Waals surface area contributed by atoms with Crippen LogP contribution in [-0.2, 0) is 0 Å². The first-order chi connectivity index (χ1) is 6.77. The van der Waals surface area contributed by atoms with Gasteiger partial charge < -0.3 is 10.2 Å². The number of benzene rings is 1. The number of piperazine rings is 1. The van der Waals surface area contributed by atoms with Gasteiger partial charge in [-0.2, -0.15) is 0 Å². The van der Waals surface area contributed by atoms with Crippen LogP contribution in [0.1, 0.15) is 0 Å². The van der Waals surface area contributed by atoms with E-state index in [0.717, 1.165) is 35.7 Å². The SMILES string of the molecule is Cl.Clc1cc(N2CCNCC2)ccc1Br. The van der Waals surface area contributed by atoms with Gasteiger partial charge in [-0.3, -0.25) is 0 Å². The van der Waals surface area contributed by atoms with E-state index in [4.69, 9.17) is 11.6 Å². The molecule has 15 heavy (non-hydrogen) atoms. The lowest BCUT2D eigenvalue weighted by atomic mass is 10.2. The third kappa shape index (κ3) is 3.25. The number of rotatable bonds is 1. The van der Waals surface area contributed by atoms with E-state index >= 15 is 0 Å². The summed E-state index contributed by atoms with van der Waals surface area (Å²) in [6.07, 6.45) is 0. The molecule has 0 spiro atoms. The summed E-state index contributed by atoms with van der Waals surface area (Å²) in [5.74, 6) is 0. The normalized spacial score (nSPS) is 16.0. The maximum atomic E-state index is 6.04. The molecule has 0 unspecified atom stereocenters. The predicted octanol–water partition coefficient (Wildman–Crippen LogP) is 2.93. The molecule has 1 aromatic rings. The molecule has 0 saturated carbocycles. The molecule has 1 aliphatic heterocycles. The van der Waals surface area contributed by atoms with Crippen LogP contribution >= 0.6 is 39.9 Å². The summed E-state index contributed by atoms with van der Waals surface area (Å²) in [5.41, 5.74) is 1.21. The number of hydrogen-bond donors (Lipinski definition) is 1. The van der Waals surface area contributed by atoms with Crippen LogP contribution in [0.2, 0.25) is 5.02 Å². The van der Waals surface area contributed by atoms with Crippen molar-refractivity contribution in [2.45, 2.75) is 0 Å². The first-order valence-electron chi connectivity index (χ1n) is 4.68. The van der Waals surface area contributed by atoms with Gasteiger partial charge in [-0.25, -0.2) is 0 Å². The molecule has 5 heteroatoms. The molecule has 84 valence electrons. The van der Waals surface area contributed by atoms with E-state index in [2.05, 4.69) is 32.2 Å². The fourth-order valence-corrected chi connectivity index (χ4v) is 2.03. The molecule has 0 radical (unpaired) electrons. The molecule has 2 nitrogen and oxygen atoms in total. The van der Waals surface area contributed by atoms with Gasteiger partial charge in [0, 0.05) is 36.3 Å². The second kappa shape index (κ2) is 5.94. The molecule has 1 saturated heterocycles. The Balaban J connectivity index is 0.00000112. The molecule has 1 aromatic carbocycles. The molecule has 0 aliphatic carbocycles. The first-order valence-corrected chi connectivity index (χ1v) is 5.85. The van der Waals surface area contributed by atoms with Gasteiger partial charge in [0.25, 0.3) is 0 Å². The molecule has 0 aromatic heterocycles. The monoisotopic (exact) mass is 310 g/mol. The zero-order chi connectivity index (χ0) is 9.97. The quantitative estimate of drug-likeness (QED) is 0.858. The first kappa shape index (κ1) is 13.1. The highest BCUT2D eigenvalue weighted by molar-refractivity contribution is 9.10. The average molecular weight is 312 g/mol. The van der Waals surface area contributed by atoms with E-state index in [9.17, 15) is 0 Å². The lowest BCUT2D eigenvalue weighted by molar-refractivity contribution is 0.589. The number of nitrogens with one attached hydrogen (secondary N) is 1. The highest BCUT2D eigenvalue weighted by Crippen LogP contribution is 2.27. The number of hydrogen-bond acceptors (Lipinski definition) is 2. The van der Waals surface area contributed by atoms with Gasteiger partial charge in [-0.15, -0.1) is 12.4 Å². The molecule has 2 rings (SSSR count). The maximum Gasteiger partial charge on any atom is 0.0568 e. The summed E-state index contributed by atoms with van der Waals surface area (Å²) in [7, 11) is 0.